The molecule has 1 saturated carbocycles. The molecule has 5 nitrogen and oxygen atoms in total. The minimum Gasteiger partial charge on any atom is -0.344 e. The largest absolute Gasteiger partial charge is 0.344 e. The van der Waals surface area contributed by atoms with Crippen molar-refractivity contribution in [1.82, 2.24) is 9.80 Å². The number of likely N-dealkylation sites (tertiary alicyclic amines) is 1. The quantitative estimate of drug-likeness (QED) is 0.716. The minimum atomic E-state index is -0.162. The van der Waals surface area contributed by atoms with Crippen LogP contribution in [0.15, 0.2) is 0 Å². The summed E-state index contributed by atoms with van der Waals surface area (Å²) >= 11 is 0. The molecule has 0 N–H and O–H groups in total. The molecule has 2 rings (SSSR count). The Hall–Kier alpha value is -1.39. The first-order valence-corrected chi connectivity index (χ1v) is 7.65. The molecular weight excluding hydrogens is 256 g/mol. The molecule has 0 radical (unpaired) electrons. The Labute approximate surface area is 120 Å². The zero-order chi connectivity index (χ0) is 14.7. The highest BCUT2D eigenvalue weighted by Gasteiger charge is 2.48. The second-order valence-corrected chi connectivity index (χ2v) is 5.93. The van der Waals surface area contributed by atoms with Gasteiger partial charge < -0.3 is 4.90 Å². The predicted molar refractivity (Wildman–Crippen MR) is 74.7 cm³/mol. The number of amides is 3. The van der Waals surface area contributed by atoms with Crippen LogP contribution in [0, 0.1) is 11.8 Å². The summed E-state index contributed by atoms with van der Waals surface area (Å²) in [4.78, 5) is 39.4. The fourth-order valence-electron chi connectivity index (χ4n) is 3.16. The van der Waals surface area contributed by atoms with Gasteiger partial charge in [0.1, 0.15) is 6.54 Å². The molecule has 5 heteroatoms. The number of rotatable bonds is 5. The normalized spacial score (nSPS) is 25.8. The van der Waals surface area contributed by atoms with Crippen molar-refractivity contribution >= 4 is 17.7 Å². The van der Waals surface area contributed by atoms with Crippen molar-refractivity contribution < 1.29 is 14.4 Å². The lowest BCUT2D eigenvalue weighted by molar-refractivity contribution is -0.146. The Morgan fingerprint density at radius 2 is 1.75 bits per heavy atom. The summed E-state index contributed by atoms with van der Waals surface area (Å²) < 4.78 is 0. The summed E-state index contributed by atoms with van der Waals surface area (Å²) in [6.45, 7) is 2.67. The second-order valence-electron chi connectivity index (χ2n) is 5.93. The Morgan fingerprint density at radius 3 is 2.25 bits per heavy atom. The third-order valence-electron chi connectivity index (χ3n) is 4.50. The Morgan fingerprint density at radius 1 is 1.20 bits per heavy atom. The maximum atomic E-state index is 12.3. The van der Waals surface area contributed by atoms with Crippen molar-refractivity contribution in [2.75, 3.05) is 20.1 Å². The fraction of sp³-hybridized carbons (Fsp3) is 0.800. The molecule has 1 aliphatic carbocycles. The molecule has 0 aromatic carbocycles. The van der Waals surface area contributed by atoms with Gasteiger partial charge in [0, 0.05) is 13.6 Å². The molecule has 3 amide bonds. The first-order valence-electron chi connectivity index (χ1n) is 7.65. The first kappa shape index (κ1) is 15.0. The van der Waals surface area contributed by atoms with Crippen LogP contribution in [0.4, 0.5) is 0 Å². The van der Waals surface area contributed by atoms with Crippen LogP contribution >= 0.6 is 0 Å². The molecule has 2 aliphatic rings. The minimum absolute atomic E-state index is 0.0785. The molecule has 20 heavy (non-hydrogen) atoms. The highest BCUT2D eigenvalue weighted by atomic mass is 16.2. The number of likely N-dealkylation sites (N-methyl/N-ethyl adjacent to an activating group) is 1. The number of unbranched alkanes of at least 4 members (excludes halogenated alkanes) is 1. The Bertz CT molecular complexity index is 384. The lowest BCUT2D eigenvalue weighted by atomic mass is 9.81. The lowest BCUT2D eigenvalue weighted by Crippen LogP contribution is -2.42. The fourth-order valence-corrected chi connectivity index (χ4v) is 3.16. The van der Waals surface area contributed by atoms with Crippen LogP contribution < -0.4 is 0 Å². The standard InChI is InChI=1S/C15H24N2O3/c1-3-4-9-16(2)13(18)10-17-14(19)11-7-5-6-8-12(11)15(17)20/h11-12H,3-10H2,1-2H3. The zero-order valence-corrected chi connectivity index (χ0v) is 12.4. The van der Waals surface area contributed by atoms with E-state index in [0.29, 0.717) is 6.54 Å². The summed E-state index contributed by atoms with van der Waals surface area (Å²) in [5, 5.41) is 0. The third kappa shape index (κ3) is 2.86. The van der Waals surface area contributed by atoms with Gasteiger partial charge in [0.25, 0.3) is 0 Å². The van der Waals surface area contributed by atoms with Crippen LogP contribution in [0.3, 0.4) is 0 Å². The SMILES string of the molecule is CCCCN(C)C(=O)CN1C(=O)C2CCCCC2C1=O. The summed E-state index contributed by atoms with van der Waals surface area (Å²) in [7, 11) is 1.73. The van der Waals surface area contributed by atoms with Gasteiger partial charge in [0.15, 0.2) is 0 Å². The highest BCUT2D eigenvalue weighted by Crippen LogP contribution is 2.37. The molecule has 0 aromatic heterocycles. The monoisotopic (exact) mass is 280 g/mol. The van der Waals surface area contributed by atoms with Crippen LogP contribution in [0.5, 0.6) is 0 Å². The Balaban J connectivity index is 1.97. The smallest absolute Gasteiger partial charge is 0.242 e. The molecule has 2 unspecified atom stereocenters. The maximum Gasteiger partial charge on any atom is 0.242 e. The summed E-state index contributed by atoms with van der Waals surface area (Å²) in [6, 6.07) is 0. The molecule has 1 aliphatic heterocycles. The van der Waals surface area contributed by atoms with E-state index in [1.807, 2.05) is 0 Å². The van der Waals surface area contributed by atoms with Crippen LogP contribution in [-0.2, 0) is 14.4 Å². The lowest BCUT2D eigenvalue weighted by Gasteiger charge is -2.20. The van der Waals surface area contributed by atoms with E-state index in [0.717, 1.165) is 38.5 Å². The van der Waals surface area contributed by atoms with Crippen molar-refractivity contribution in [3.63, 3.8) is 0 Å². The molecule has 2 atom stereocenters. The van der Waals surface area contributed by atoms with Crippen LogP contribution in [0.25, 0.3) is 0 Å². The van der Waals surface area contributed by atoms with E-state index in [-0.39, 0.29) is 36.1 Å². The molecule has 2 fully saturated rings. The van der Waals surface area contributed by atoms with Gasteiger partial charge in [0.2, 0.25) is 17.7 Å². The average molecular weight is 280 g/mol. The first-order chi connectivity index (χ1) is 9.56. The van der Waals surface area contributed by atoms with Crippen molar-refractivity contribution in [2.24, 2.45) is 11.8 Å². The Kier molecular flexibility index (Phi) is 4.78. The second kappa shape index (κ2) is 6.37. The van der Waals surface area contributed by atoms with Gasteiger partial charge in [-0.1, -0.05) is 26.2 Å². The van der Waals surface area contributed by atoms with Crippen LogP contribution in [0.2, 0.25) is 0 Å². The summed E-state index contributed by atoms with van der Waals surface area (Å²) in [5.41, 5.74) is 0. The van der Waals surface area contributed by atoms with Crippen LogP contribution in [0.1, 0.15) is 45.4 Å². The summed E-state index contributed by atoms with van der Waals surface area (Å²) in [5.74, 6) is -0.720. The number of hydrogen-bond acceptors (Lipinski definition) is 3. The molecule has 0 spiro atoms. The number of carbonyl (C=O) groups excluding carboxylic acids is 3. The van der Waals surface area contributed by atoms with Gasteiger partial charge >= 0.3 is 0 Å². The number of imide groups is 1. The molecule has 112 valence electrons. The number of hydrogen-bond donors (Lipinski definition) is 0. The van der Waals surface area contributed by atoms with Crippen molar-refractivity contribution in [3.05, 3.63) is 0 Å². The van der Waals surface area contributed by atoms with Crippen molar-refractivity contribution in [2.45, 2.75) is 45.4 Å². The van der Waals surface area contributed by atoms with E-state index in [1.165, 1.54) is 4.90 Å². The highest BCUT2D eigenvalue weighted by molar-refractivity contribution is 6.07. The molecule has 1 heterocycles. The van der Waals surface area contributed by atoms with Gasteiger partial charge in [-0.3, -0.25) is 19.3 Å². The van der Waals surface area contributed by atoms with Gasteiger partial charge in [-0.25, -0.2) is 0 Å². The van der Waals surface area contributed by atoms with E-state index in [2.05, 4.69) is 6.92 Å². The van der Waals surface area contributed by atoms with Gasteiger partial charge in [-0.05, 0) is 19.3 Å². The van der Waals surface area contributed by atoms with Crippen molar-refractivity contribution in [3.8, 4) is 0 Å². The van der Waals surface area contributed by atoms with Crippen molar-refractivity contribution in [1.29, 1.82) is 0 Å². The molecule has 1 saturated heterocycles. The zero-order valence-electron chi connectivity index (χ0n) is 12.4. The number of nitrogens with zero attached hydrogens (tertiary/aromatic N) is 2. The molecular formula is C15H24N2O3. The summed E-state index contributed by atoms with van der Waals surface area (Å²) in [6.07, 6.45) is 5.58. The van der Waals surface area contributed by atoms with Crippen LogP contribution in [-0.4, -0.2) is 47.7 Å². The number of fused-ring (bicyclic) bond motifs is 1. The van der Waals surface area contributed by atoms with Gasteiger partial charge in [-0.2, -0.15) is 0 Å². The van der Waals surface area contributed by atoms with E-state index in [1.54, 1.807) is 11.9 Å². The van der Waals surface area contributed by atoms with Gasteiger partial charge in [0.05, 0.1) is 11.8 Å². The van der Waals surface area contributed by atoms with E-state index >= 15 is 0 Å². The van der Waals surface area contributed by atoms with E-state index < -0.39 is 0 Å². The topological polar surface area (TPSA) is 57.7 Å². The average Bonchev–Trinajstić information content (AvgIpc) is 2.70. The molecule has 0 bridgehead atoms. The molecule has 0 aromatic rings. The van der Waals surface area contributed by atoms with Gasteiger partial charge in [-0.15, -0.1) is 0 Å². The maximum absolute atomic E-state index is 12.3. The van der Waals surface area contributed by atoms with E-state index in [4.69, 9.17) is 0 Å². The predicted octanol–water partition coefficient (Wildman–Crippen LogP) is 1.42. The van der Waals surface area contributed by atoms with E-state index in [9.17, 15) is 14.4 Å². The number of carbonyl (C=O) groups is 3. The third-order valence-corrected chi connectivity index (χ3v) is 4.50.